The van der Waals surface area contributed by atoms with Crippen molar-refractivity contribution in [2.75, 3.05) is 12.4 Å². The molecule has 0 unspecified atom stereocenters. The summed E-state index contributed by atoms with van der Waals surface area (Å²) in [6.07, 6.45) is 2.86. The van der Waals surface area contributed by atoms with Gasteiger partial charge in [0.2, 0.25) is 5.91 Å². The van der Waals surface area contributed by atoms with Crippen LogP contribution in [0.15, 0.2) is 65.1 Å². The lowest BCUT2D eigenvalue weighted by atomic mass is 10.2. The number of carbonyl (C=O) groups is 1. The molecule has 0 aliphatic carbocycles. The van der Waals surface area contributed by atoms with Gasteiger partial charge in [0.25, 0.3) is 0 Å². The first-order valence-electron chi connectivity index (χ1n) is 8.44. The first-order chi connectivity index (χ1) is 13.9. The van der Waals surface area contributed by atoms with Gasteiger partial charge in [-0.1, -0.05) is 29.3 Å². The van der Waals surface area contributed by atoms with E-state index in [9.17, 15) is 4.79 Å². The van der Waals surface area contributed by atoms with E-state index in [1.807, 2.05) is 18.2 Å². The van der Waals surface area contributed by atoms with E-state index < -0.39 is 5.91 Å². The molecule has 3 rings (SSSR count). The summed E-state index contributed by atoms with van der Waals surface area (Å²) in [5.41, 5.74) is 1.41. The van der Waals surface area contributed by atoms with Gasteiger partial charge in [0.15, 0.2) is 5.11 Å². The van der Waals surface area contributed by atoms with E-state index in [0.29, 0.717) is 38.6 Å². The number of thiocarbonyl (C=S) groups is 1. The van der Waals surface area contributed by atoms with Gasteiger partial charge in [-0.2, -0.15) is 0 Å². The Morgan fingerprint density at radius 1 is 1.14 bits per heavy atom. The molecule has 0 bridgehead atoms. The molecule has 5 nitrogen and oxygen atoms in total. The molecule has 0 aliphatic heterocycles. The van der Waals surface area contributed by atoms with Crippen molar-refractivity contribution in [1.29, 1.82) is 0 Å². The number of hydrogen-bond acceptors (Lipinski definition) is 4. The topological polar surface area (TPSA) is 63.5 Å². The van der Waals surface area contributed by atoms with Crippen LogP contribution in [0.25, 0.3) is 17.4 Å². The van der Waals surface area contributed by atoms with Crippen molar-refractivity contribution in [1.82, 2.24) is 5.32 Å². The molecular formula is C21H16Cl2N2O3S. The number of benzene rings is 2. The van der Waals surface area contributed by atoms with E-state index >= 15 is 0 Å². The number of ether oxygens (including phenoxy) is 1. The molecule has 29 heavy (non-hydrogen) atoms. The average Bonchev–Trinajstić information content (AvgIpc) is 3.15. The van der Waals surface area contributed by atoms with Crippen LogP contribution >= 0.6 is 35.4 Å². The third-order valence-electron chi connectivity index (χ3n) is 3.79. The highest BCUT2D eigenvalue weighted by Crippen LogP contribution is 2.31. The molecular weight excluding hydrogens is 431 g/mol. The van der Waals surface area contributed by atoms with Crippen LogP contribution in [-0.2, 0) is 4.79 Å². The van der Waals surface area contributed by atoms with Gasteiger partial charge in [0.1, 0.15) is 17.3 Å². The third-order valence-corrected chi connectivity index (χ3v) is 4.54. The van der Waals surface area contributed by atoms with Gasteiger partial charge in [0.05, 0.1) is 12.1 Å². The van der Waals surface area contributed by atoms with Crippen molar-refractivity contribution in [2.24, 2.45) is 0 Å². The Hall–Kier alpha value is -2.80. The molecule has 0 saturated heterocycles. The predicted octanol–water partition coefficient (Wildman–Crippen LogP) is 5.79. The van der Waals surface area contributed by atoms with Gasteiger partial charge in [-0.05, 0) is 60.8 Å². The van der Waals surface area contributed by atoms with E-state index in [1.54, 1.807) is 43.5 Å². The fraction of sp³-hybridized carbons (Fsp3) is 0.0476. The van der Waals surface area contributed by atoms with Crippen LogP contribution in [0.2, 0.25) is 10.0 Å². The van der Waals surface area contributed by atoms with Crippen LogP contribution in [0.5, 0.6) is 5.75 Å². The highest BCUT2D eigenvalue weighted by molar-refractivity contribution is 7.80. The minimum absolute atomic E-state index is 0.168. The Bertz CT molecular complexity index is 1080. The quantitative estimate of drug-likeness (QED) is 0.383. The van der Waals surface area contributed by atoms with Crippen molar-refractivity contribution >= 4 is 58.2 Å². The van der Waals surface area contributed by atoms with Gasteiger partial charge < -0.3 is 14.5 Å². The number of furan rings is 1. The average molecular weight is 447 g/mol. The number of halogens is 2. The van der Waals surface area contributed by atoms with Crippen LogP contribution in [0, 0.1) is 0 Å². The fourth-order valence-electron chi connectivity index (χ4n) is 2.45. The summed E-state index contributed by atoms with van der Waals surface area (Å²) in [4.78, 5) is 12.1. The molecule has 0 radical (unpaired) electrons. The first kappa shape index (κ1) is 20.9. The molecule has 1 aromatic heterocycles. The second-order valence-electron chi connectivity index (χ2n) is 5.83. The Morgan fingerprint density at radius 3 is 2.72 bits per heavy atom. The minimum Gasteiger partial charge on any atom is -0.497 e. The van der Waals surface area contributed by atoms with Crippen molar-refractivity contribution < 1.29 is 13.9 Å². The van der Waals surface area contributed by atoms with Gasteiger partial charge in [-0.15, -0.1) is 0 Å². The van der Waals surface area contributed by atoms with E-state index in [-0.39, 0.29) is 5.11 Å². The van der Waals surface area contributed by atoms with E-state index in [4.69, 9.17) is 44.6 Å². The van der Waals surface area contributed by atoms with Gasteiger partial charge in [0, 0.05) is 28.4 Å². The molecule has 2 aromatic carbocycles. The summed E-state index contributed by atoms with van der Waals surface area (Å²) in [6, 6.07) is 15.8. The van der Waals surface area contributed by atoms with Crippen molar-refractivity contribution in [3.05, 3.63) is 76.5 Å². The van der Waals surface area contributed by atoms with Gasteiger partial charge >= 0.3 is 0 Å². The Balaban J connectivity index is 1.59. The Kier molecular flexibility index (Phi) is 6.93. The van der Waals surface area contributed by atoms with Crippen LogP contribution in [0.4, 0.5) is 5.69 Å². The molecule has 148 valence electrons. The molecule has 2 N–H and O–H groups in total. The highest BCUT2D eigenvalue weighted by Gasteiger charge is 2.09. The molecule has 1 heterocycles. The maximum atomic E-state index is 12.1. The number of amides is 1. The largest absolute Gasteiger partial charge is 0.497 e. The summed E-state index contributed by atoms with van der Waals surface area (Å²) in [6.45, 7) is 0. The van der Waals surface area contributed by atoms with E-state index in [1.165, 1.54) is 12.2 Å². The normalized spacial score (nSPS) is 10.7. The molecule has 0 spiro atoms. The van der Waals surface area contributed by atoms with Crippen LogP contribution in [0.3, 0.4) is 0 Å². The molecule has 0 fully saturated rings. The molecule has 1 amide bonds. The summed E-state index contributed by atoms with van der Waals surface area (Å²) in [7, 11) is 1.57. The summed E-state index contributed by atoms with van der Waals surface area (Å²) in [5.74, 6) is 1.35. The lowest BCUT2D eigenvalue weighted by Gasteiger charge is -2.09. The van der Waals surface area contributed by atoms with Crippen LogP contribution in [-0.4, -0.2) is 18.1 Å². The zero-order chi connectivity index (χ0) is 20.8. The third kappa shape index (κ3) is 5.84. The lowest BCUT2D eigenvalue weighted by Crippen LogP contribution is -2.32. The molecule has 0 atom stereocenters. The zero-order valence-electron chi connectivity index (χ0n) is 15.2. The maximum Gasteiger partial charge on any atom is 0.250 e. The predicted molar refractivity (Wildman–Crippen MR) is 121 cm³/mol. The number of rotatable bonds is 5. The Morgan fingerprint density at radius 2 is 1.97 bits per heavy atom. The highest BCUT2D eigenvalue weighted by atomic mass is 35.5. The fourth-order valence-corrected chi connectivity index (χ4v) is 3.17. The number of carbonyl (C=O) groups excluding carboxylic acids is 1. The first-order valence-corrected chi connectivity index (χ1v) is 9.60. The number of methoxy groups -OCH3 is 1. The van der Waals surface area contributed by atoms with Crippen molar-refractivity contribution in [2.45, 2.75) is 0 Å². The standard InChI is InChI=1S/C21H16Cl2N2O3S/c1-27-16-4-2-3-14(12-16)24-21(29)25-20(26)10-7-15-6-9-19(28-15)17-8-5-13(22)11-18(17)23/h2-12H,1H3,(H2,24,25,26,29)/b10-7+. The van der Waals surface area contributed by atoms with E-state index in [0.717, 1.165) is 0 Å². The van der Waals surface area contributed by atoms with Crippen LogP contribution < -0.4 is 15.4 Å². The second kappa shape index (κ2) is 9.60. The summed E-state index contributed by atoms with van der Waals surface area (Å²) < 4.78 is 10.9. The van der Waals surface area contributed by atoms with E-state index in [2.05, 4.69) is 10.6 Å². The van der Waals surface area contributed by atoms with Crippen LogP contribution in [0.1, 0.15) is 5.76 Å². The zero-order valence-corrected chi connectivity index (χ0v) is 17.6. The molecule has 3 aromatic rings. The SMILES string of the molecule is COc1cccc(NC(=S)NC(=O)/C=C/c2ccc(-c3ccc(Cl)cc3Cl)o2)c1. The molecule has 0 saturated carbocycles. The Labute approximate surface area is 183 Å². The number of nitrogens with one attached hydrogen (secondary N) is 2. The van der Waals surface area contributed by atoms with Gasteiger partial charge in [-0.3, -0.25) is 10.1 Å². The number of hydrogen-bond donors (Lipinski definition) is 2. The summed E-state index contributed by atoms with van der Waals surface area (Å²) in [5, 5.41) is 6.68. The summed E-state index contributed by atoms with van der Waals surface area (Å²) >= 11 is 17.2. The smallest absolute Gasteiger partial charge is 0.250 e. The van der Waals surface area contributed by atoms with Gasteiger partial charge in [-0.25, -0.2) is 0 Å². The monoisotopic (exact) mass is 446 g/mol. The second-order valence-corrected chi connectivity index (χ2v) is 7.09. The molecule has 0 aliphatic rings. The molecule has 8 heteroatoms. The minimum atomic E-state index is -0.395. The van der Waals surface area contributed by atoms with Crippen molar-refractivity contribution in [3.8, 4) is 17.1 Å². The number of anilines is 1. The lowest BCUT2D eigenvalue weighted by molar-refractivity contribution is -0.115. The maximum absolute atomic E-state index is 12.1. The van der Waals surface area contributed by atoms with Crippen molar-refractivity contribution in [3.63, 3.8) is 0 Å².